The molecular weight excluding hydrogens is 331 g/mol. The highest BCUT2D eigenvalue weighted by Crippen LogP contribution is 2.21. The van der Waals surface area contributed by atoms with E-state index in [1.807, 2.05) is 0 Å². The van der Waals surface area contributed by atoms with Gasteiger partial charge in [0.1, 0.15) is 0 Å². The second-order valence-corrected chi connectivity index (χ2v) is 5.36. The first-order valence-electron chi connectivity index (χ1n) is 5.97. The number of hydrogen-bond acceptors (Lipinski definition) is 3. The third-order valence-corrected chi connectivity index (χ3v) is 3.01. The Labute approximate surface area is 125 Å². The van der Waals surface area contributed by atoms with E-state index in [1.54, 1.807) is 19.9 Å². The molecule has 0 spiro atoms. The van der Waals surface area contributed by atoms with Crippen molar-refractivity contribution in [1.82, 2.24) is 4.90 Å². The number of rotatable bonds is 6. The van der Waals surface area contributed by atoms with Crippen LogP contribution in [0.2, 0.25) is 0 Å². The van der Waals surface area contributed by atoms with E-state index in [0.717, 1.165) is 0 Å². The number of ether oxygens (including phenoxy) is 1. The molecule has 1 rings (SSSR count). The molecule has 0 bridgehead atoms. The Morgan fingerprint density at radius 2 is 2.10 bits per heavy atom. The lowest BCUT2D eigenvalue weighted by Gasteiger charge is -2.25. The van der Waals surface area contributed by atoms with Gasteiger partial charge in [-0.2, -0.15) is 0 Å². The van der Waals surface area contributed by atoms with Gasteiger partial charge < -0.3 is 15.4 Å². The molecule has 0 aliphatic rings. The molecule has 1 aromatic carbocycles. The minimum absolute atomic E-state index is 0.0238. The van der Waals surface area contributed by atoms with Crippen LogP contribution in [0, 0.1) is 5.82 Å². The Hall–Kier alpha value is -1.63. The fourth-order valence-corrected chi connectivity index (χ4v) is 1.87. The maximum Gasteiger partial charge on any atom is 0.261 e. The van der Waals surface area contributed by atoms with E-state index in [4.69, 9.17) is 10.5 Å². The summed E-state index contributed by atoms with van der Waals surface area (Å²) in [6, 6.07) is 4.06. The molecule has 20 heavy (non-hydrogen) atoms. The predicted octanol–water partition coefficient (Wildman–Crippen LogP) is 1.69. The SMILES string of the molecule is CC(C)N(CC(N)=O)C(=O)COc1ccc(Br)cc1F. The molecule has 7 heteroatoms. The van der Waals surface area contributed by atoms with Gasteiger partial charge in [-0.25, -0.2) is 4.39 Å². The second-order valence-electron chi connectivity index (χ2n) is 4.45. The molecular formula is C13H16BrFN2O3. The van der Waals surface area contributed by atoms with Gasteiger partial charge in [0.2, 0.25) is 5.91 Å². The Morgan fingerprint density at radius 1 is 1.45 bits per heavy atom. The first-order chi connectivity index (χ1) is 9.31. The highest BCUT2D eigenvalue weighted by molar-refractivity contribution is 9.10. The highest BCUT2D eigenvalue weighted by Gasteiger charge is 2.19. The van der Waals surface area contributed by atoms with Crippen LogP contribution in [0.4, 0.5) is 4.39 Å². The Morgan fingerprint density at radius 3 is 2.60 bits per heavy atom. The van der Waals surface area contributed by atoms with Crippen molar-refractivity contribution in [2.45, 2.75) is 19.9 Å². The van der Waals surface area contributed by atoms with Gasteiger partial charge in [0.05, 0.1) is 6.54 Å². The van der Waals surface area contributed by atoms with E-state index < -0.39 is 17.6 Å². The van der Waals surface area contributed by atoms with Gasteiger partial charge in [-0.3, -0.25) is 9.59 Å². The van der Waals surface area contributed by atoms with Gasteiger partial charge in [0.25, 0.3) is 5.91 Å². The standard InChI is InChI=1S/C13H16BrFN2O3/c1-8(2)17(6-12(16)18)13(19)7-20-11-4-3-9(14)5-10(11)15/h3-5,8H,6-7H2,1-2H3,(H2,16,18). The monoisotopic (exact) mass is 346 g/mol. The first-order valence-corrected chi connectivity index (χ1v) is 6.76. The molecule has 0 aliphatic carbocycles. The van der Waals surface area contributed by atoms with Crippen LogP contribution < -0.4 is 10.5 Å². The predicted molar refractivity (Wildman–Crippen MR) is 75.6 cm³/mol. The molecule has 0 saturated carbocycles. The third-order valence-electron chi connectivity index (χ3n) is 2.51. The Bertz CT molecular complexity index is 508. The molecule has 1 aromatic rings. The summed E-state index contributed by atoms with van der Waals surface area (Å²) >= 11 is 3.12. The minimum Gasteiger partial charge on any atom is -0.481 e. The molecule has 5 nitrogen and oxygen atoms in total. The summed E-state index contributed by atoms with van der Waals surface area (Å²) in [5, 5.41) is 0. The van der Waals surface area contributed by atoms with Crippen LogP contribution in [0.25, 0.3) is 0 Å². The maximum atomic E-state index is 13.5. The molecule has 0 aliphatic heterocycles. The van der Waals surface area contributed by atoms with E-state index in [2.05, 4.69) is 15.9 Å². The summed E-state index contributed by atoms with van der Waals surface area (Å²) in [7, 11) is 0. The number of halogens is 2. The van der Waals surface area contributed by atoms with Gasteiger partial charge in [0.15, 0.2) is 18.2 Å². The second kappa shape index (κ2) is 7.23. The van der Waals surface area contributed by atoms with E-state index in [0.29, 0.717) is 4.47 Å². The minimum atomic E-state index is -0.609. The lowest BCUT2D eigenvalue weighted by molar-refractivity contribution is -0.138. The normalized spacial score (nSPS) is 10.4. The van der Waals surface area contributed by atoms with Gasteiger partial charge in [0, 0.05) is 10.5 Å². The molecule has 0 atom stereocenters. The van der Waals surface area contributed by atoms with E-state index >= 15 is 0 Å². The molecule has 2 amide bonds. The number of nitrogens with zero attached hydrogens (tertiary/aromatic N) is 1. The van der Waals surface area contributed by atoms with Crippen LogP contribution in [0.1, 0.15) is 13.8 Å². The number of carbonyl (C=O) groups excluding carboxylic acids is 2. The average molecular weight is 347 g/mol. The van der Waals surface area contributed by atoms with Gasteiger partial charge >= 0.3 is 0 Å². The van der Waals surface area contributed by atoms with Crippen molar-refractivity contribution in [2.75, 3.05) is 13.2 Å². The zero-order valence-corrected chi connectivity index (χ0v) is 12.8. The lowest BCUT2D eigenvalue weighted by Crippen LogP contribution is -2.44. The summed E-state index contributed by atoms with van der Waals surface area (Å²) < 4.78 is 19.2. The zero-order valence-electron chi connectivity index (χ0n) is 11.2. The first kappa shape index (κ1) is 16.4. The number of benzene rings is 1. The fraction of sp³-hybridized carbons (Fsp3) is 0.385. The summed E-state index contributed by atoms with van der Waals surface area (Å²) in [5.74, 6) is -1.63. The van der Waals surface area contributed by atoms with E-state index in [1.165, 1.54) is 17.0 Å². The van der Waals surface area contributed by atoms with Crippen molar-refractivity contribution in [1.29, 1.82) is 0 Å². The van der Waals surface area contributed by atoms with Crippen molar-refractivity contribution in [3.63, 3.8) is 0 Å². The molecule has 0 heterocycles. The molecule has 0 unspecified atom stereocenters. The Balaban J connectivity index is 2.67. The molecule has 110 valence electrons. The average Bonchev–Trinajstić information content (AvgIpc) is 2.34. The van der Waals surface area contributed by atoms with E-state index in [9.17, 15) is 14.0 Å². The van der Waals surface area contributed by atoms with Crippen molar-refractivity contribution >= 4 is 27.7 Å². The van der Waals surface area contributed by atoms with Gasteiger partial charge in [-0.05, 0) is 32.0 Å². The van der Waals surface area contributed by atoms with Crippen LogP contribution in [-0.4, -0.2) is 35.9 Å². The smallest absolute Gasteiger partial charge is 0.261 e. The Kier molecular flexibility index (Phi) is 5.94. The fourth-order valence-electron chi connectivity index (χ4n) is 1.54. The van der Waals surface area contributed by atoms with Gasteiger partial charge in [-0.15, -0.1) is 0 Å². The number of hydrogen-bond donors (Lipinski definition) is 1. The van der Waals surface area contributed by atoms with Crippen LogP contribution in [-0.2, 0) is 9.59 Å². The molecule has 0 radical (unpaired) electrons. The number of amides is 2. The molecule has 0 saturated heterocycles. The van der Waals surface area contributed by atoms with Crippen LogP contribution in [0.5, 0.6) is 5.75 Å². The number of primary amides is 1. The topological polar surface area (TPSA) is 72.6 Å². The van der Waals surface area contributed by atoms with Crippen molar-refractivity contribution in [3.8, 4) is 5.75 Å². The molecule has 0 fully saturated rings. The van der Waals surface area contributed by atoms with Crippen molar-refractivity contribution < 1.29 is 18.7 Å². The molecule has 2 N–H and O–H groups in total. The summed E-state index contributed by atoms with van der Waals surface area (Å²) in [6.45, 7) is 2.95. The quantitative estimate of drug-likeness (QED) is 0.851. The van der Waals surface area contributed by atoms with E-state index in [-0.39, 0.29) is 24.9 Å². The van der Waals surface area contributed by atoms with Crippen molar-refractivity contribution in [2.24, 2.45) is 5.73 Å². The number of carbonyl (C=O) groups is 2. The lowest BCUT2D eigenvalue weighted by atomic mass is 10.3. The summed E-state index contributed by atoms with van der Waals surface area (Å²) in [4.78, 5) is 24.1. The summed E-state index contributed by atoms with van der Waals surface area (Å²) in [5.41, 5.74) is 5.08. The molecule has 0 aromatic heterocycles. The van der Waals surface area contributed by atoms with Gasteiger partial charge in [-0.1, -0.05) is 15.9 Å². The van der Waals surface area contributed by atoms with Crippen LogP contribution >= 0.6 is 15.9 Å². The summed E-state index contributed by atoms with van der Waals surface area (Å²) in [6.07, 6.45) is 0. The van der Waals surface area contributed by atoms with Crippen LogP contribution in [0.3, 0.4) is 0 Å². The third kappa shape index (κ3) is 4.80. The highest BCUT2D eigenvalue weighted by atomic mass is 79.9. The maximum absolute atomic E-state index is 13.5. The van der Waals surface area contributed by atoms with Crippen LogP contribution in [0.15, 0.2) is 22.7 Å². The zero-order chi connectivity index (χ0) is 15.3. The number of nitrogens with two attached hydrogens (primary N) is 1. The largest absolute Gasteiger partial charge is 0.481 e. The van der Waals surface area contributed by atoms with Crippen molar-refractivity contribution in [3.05, 3.63) is 28.5 Å².